The van der Waals surface area contributed by atoms with Crippen molar-refractivity contribution in [2.24, 2.45) is 0 Å². The monoisotopic (exact) mass is 306 g/mol. The average Bonchev–Trinajstić information content (AvgIpc) is 2.51. The number of nitrogens with two attached hydrogens (primary N) is 1. The van der Waals surface area contributed by atoms with Crippen molar-refractivity contribution in [3.05, 3.63) is 17.9 Å². The zero-order valence-corrected chi connectivity index (χ0v) is 11.2. The third-order valence-corrected chi connectivity index (χ3v) is 3.19. The van der Waals surface area contributed by atoms with Gasteiger partial charge in [0.25, 0.3) is 0 Å². The predicted molar refractivity (Wildman–Crippen MR) is 68.5 cm³/mol. The van der Waals surface area contributed by atoms with Gasteiger partial charge in [-0.05, 0) is 18.6 Å². The molecule has 1 aliphatic heterocycles. The summed E-state index contributed by atoms with van der Waals surface area (Å²) < 4.78 is 57.1. The van der Waals surface area contributed by atoms with E-state index in [9.17, 15) is 22.4 Å². The molecule has 0 fully saturated rings. The summed E-state index contributed by atoms with van der Waals surface area (Å²) in [7, 11) is 0. The van der Waals surface area contributed by atoms with Crippen LogP contribution in [0.5, 0.6) is 5.75 Å². The van der Waals surface area contributed by atoms with Crippen molar-refractivity contribution in [3.8, 4) is 5.75 Å². The van der Waals surface area contributed by atoms with E-state index < -0.39 is 36.2 Å². The molecule has 1 atom stereocenters. The highest BCUT2D eigenvalue weighted by Crippen LogP contribution is 2.41. The van der Waals surface area contributed by atoms with E-state index in [0.717, 1.165) is 6.07 Å². The first-order valence-corrected chi connectivity index (χ1v) is 6.34. The van der Waals surface area contributed by atoms with Crippen molar-refractivity contribution < 1.29 is 27.1 Å². The molecule has 1 aromatic rings. The standard InChI is InChI=1S/C13H14F4N2O2/c1-2-7-5-10(20)19(6-13(15,16)17)12-9(21-7)4-3-8(14)11(12)18/h3-4,7H,2,5-6,18H2,1H3. The lowest BCUT2D eigenvalue weighted by molar-refractivity contribution is -0.132. The van der Waals surface area contributed by atoms with Crippen LogP contribution < -0.4 is 15.4 Å². The number of benzene rings is 1. The molecule has 1 amide bonds. The Morgan fingerprint density at radius 1 is 1.43 bits per heavy atom. The second kappa shape index (κ2) is 5.42. The first-order valence-electron chi connectivity index (χ1n) is 6.34. The summed E-state index contributed by atoms with van der Waals surface area (Å²) in [6.07, 6.45) is -4.98. The zero-order chi connectivity index (χ0) is 15.8. The van der Waals surface area contributed by atoms with Crippen LogP contribution >= 0.6 is 0 Å². The molecule has 1 aromatic carbocycles. The first-order chi connectivity index (χ1) is 9.73. The van der Waals surface area contributed by atoms with Gasteiger partial charge in [-0.1, -0.05) is 6.92 Å². The number of nitrogens with zero attached hydrogens (tertiary/aromatic N) is 1. The zero-order valence-electron chi connectivity index (χ0n) is 11.2. The van der Waals surface area contributed by atoms with Crippen molar-refractivity contribution in [2.45, 2.75) is 32.0 Å². The van der Waals surface area contributed by atoms with E-state index in [1.807, 2.05) is 0 Å². The van der Waals surface area contributed by atoms with Gasteiger partial charge in [-0.25, -0.2) is 4.39 Å². The lowest BCUT2D eigenvalue weighted by Crippen LogP contribution is -2.39. The van der Waals surface area contributed by atoms with Crippen LogP contribution in [0.25, 0.3) is 0 Å². The fourth-order valence-corrected chi connectivity index (χ4v) is 2.16. The molecule has 21 heavy (non-hydrogen) atoms. The van der Waals surface area contributed by atoms with Gasteiger partial charge in [0.05, 0.1) is 12.1 Å². The number of fused-ring (bicyclic) bond motifs is 1. The molecule has 8 heteroatoms. The fourth-order valence-electron chi connectivity index (χ4n) is 2.16. The number of carbonyl (C=O) groups excluding carboxylic acids is 1. The SMILES string of the molecule is CCC1CC(=O)N(CC(F)(F)F)c2c(ccc(F)c2N)O1. The van der Waals surface area contributed by atoms with Gasteiger partial charge in [0.1, 0.15) is 29.9 Å². The highest BCUT2D eigenvalue weighted by molar-refractivity contribution is 5.99. The van der Waals surface area contributed by atoms with Crippen LogP contribution in [-0.2, 0) is 4.79 Å². The lowest BCUT2D eigenvalue weighted by atomic mass is 10.2. The maximum Gasteiger partial charge on any atom is 0.406 e. The molecule has 0 bridgehead atoms. The number of nitrogen functional groups attached to an aromatic ring is 1. The summed E-state index contributed by atoms with van der Waals surface area (Å²) in [5, 5.41) is 0. The van der Waals surface area contributed by atoms with Gasteiger partial charge in [-0.3, -0.25) is 9.69 Å². The van der Waals surface area contributed by atoms with Gasteiger partial charge in [-0.15, -0.1) is 0 Å². The maximum absolute atomic E-state index is 13.6. The van der Waals surface area contributed by atoms with Crippen LogP contribution in [0.1, 0.15) is 19.8 Å². The quantitative estimate of drug-likeness (QED) is 0.675. The van der Waals surface area contributed by atoms with E-state index >= 15 is 0 Å². The van der Waals surface area contributed by atoms with E-state index in [-0.39, 0.29) is 17.9 Å². The van der Waals surface area contributed by atoms with Gasteiger partial charge in [0, 0.05) is 0 Å². The molecule has 116 valence electrons. The summed E-state index contributed by atoms with van der Waals surface area (Å²) in [6, 6.07) is 2.19. The van der Waals surface area contributed by atoms with Crippen LogP contribution in [0.4, 0.5) is 28.9 Å². The molecule has 2 N–H and O–H groups in total. The summed E-state index contributed by atoms with van der Waals surface area (Å²) in [4.78, 5) is 12.5. The Labute approximate surface area is 118 Å². The largest absolute Gasteiger partial charge is 0.488 e. The Morgan fingerprint density at radius 3 is 2.67 bits per heavy atom. The second-order valence-corrected chi connectivity index (χ2v) is 4.76. The highest BCUT2D eigenvalue weighted by atomic mass is 19.4. The molecule has 1 heterocycles. The Hall–Kier alpha value is -1.99. The van der Waals surface area contributed by atoms with Gasteiger partial charge < -0.3 is 10.5 Å². The Bertz CT molecular complexity index is 560. The number of hydrogen-bond donors (Lipinski definition) is 1. The molecule has 0 spiro atoms. The summed E-state index contributed by atoms with van der Waals surface area (Å²) >= 11 is 0. The Balaban J connectivity index is 2.55. The van der Waals surface area contributed by atoms with Crippen LogP contribution in [0.2, 0.25) is 0 Å². The molecule has 2 rings (SSSR count). The van der Waals surface area contributed by atoms with Gasteiger partial charge in [0.2, 0.25) is 5.91 Å². The normalized spacial score (nSPS) is 19.0. The molecule has 0 radical (unpaired) electrons. The van der Waals surface area contributed by atoms with Crippen LogP contribution in [0, 0.1) is 5.82 Å². The van der Waals surface area contributed by atoms with Gasteiger partial charge in [0.15, 0.2) is 0 Å². The van der Waals surface area contributed by atoms with E-state index in [4.69, 9.17) is 10.5 Å². The molecule has 4 nitrogen and oxygen atoms in total. The van der Waals surface area contributed by atoms with E-state index in [2.05, 4.69) is 0 Å². The van der Waals surface area contributed by atoms with Crippen molar-refractivity contribution in [2.75, 3.05) is 17.2 Å². The first kappa shape index (κ1) is 15.4. The van der Waals surface area contributed by atoms with Crippen molar-refractivity contribution in [1.82, 2.24) is 0 Å². The number of anilines is 2. The molecule has 0 aliphatic carbocycles. The highest BCUT2D eigenvalue weighted by Gasteiger charge is 2.38. The number of alkyl halides is 3. The molecular formula is C13H14F4N2O2. The fraction of sp³-hybridized carbons (Fsp3) is 0.462. The van der Waals surface area contributed by atoms with Crippen molar-refractivity contribution in [1.29, 1.82) is 0 Å². The Morgan fingerprint density at radius 2 is 2.10 bits per heavy atom. The van der Waals surface area contributed by atoms with E-state index in [0.29, 0.717) is 11.3 Å². The number of carbonyl (C=O) groups is 1. The van der Waals surface area contributed by atoms with E-state index in [1.165, 1.54) is 6.07 Å². The maximum atomic E-state index is 13.6. The van der Waals surface area contributed by atoms with Crippen LogP contribution in [-0.4, -0.2) is 24.7 Å². The molecule has 1 aliphatic rings. The molecular weight excluding hydrogens is 292 g/mol. The number of rotatable bonds is 2. The van der Waals surface area contributed by atoms with Crippen LogP contribution in [0.15, 0.2) is 12.1 Å². The molecule has 0 saturated heterocycles. The van der Waals surface area contributed by atoms with Crippen molar-refractivity contribution >= 4 is 17.3 Å². The number of amides is 1. The summed E-state index contributed by atoms with van der Waals surface area (Å²) in [5.74, 6) is -1.71. The third-order valence-electron chi connectivity index (χ3n) is 3.19. The molecule has 1 unspecified atom stereocenters. The summed E-state index contributed by atoms with van der Waals surface area (Å²) in [6.45, 7) is 0.205. The minimum Gasteiger partial charge on any atom is -0.488 e. The third kappa shape index (κ3) is 3.20. The number of ether oxygens (including phenoxy) is 1. The van der Waals surface area contributed by atoms with Gasteiger partial charge in [-0.2, -0.15) is 13.2 Å². The van der Waals surface area contributed by atoms with Crippen LogP contribution in [0.3, 0.4) is 0 Å². The second-order valence-electron chi connectivity index (χ2n) is 4.76. The topological polar surface area (TPSA) is 55.6 Å². The number of halogens is 4. The minimum atomic E-state index is -4.63. The average molecular weight is 306 g/mol. The lowest BCUT2D eigenvalue weighted by Gasteiger charge is -2.24. The van der Waals surface area contributed by atoms with Crippen molar-refractivity contribution in [3.63, 3.8) is 0 Å². The smallest absolute Gasteiger partial charge is 0.406 e. The predicted octanol–water partition coefficient (Wildman–Crippen LogP) is 2.86. The number of hydrogen-bond acceptors (Lipinski definition) is 3. The molecule has 0 saturated carbocycles. The van der Waals surface area contributed by atoms with Gasteiger partial charge >= 0.3 is 6.18 Å². The Kier molecular flexibility index (Phi) is 3.97. The summed E-state index contributed by atoms with van der Waals surface area (Å²) in [5.41, 5.74) is 4.64. The molecule has 0 aromatic heterocycles. The van der Waals surface area contributed by atoms with E-state index in [1.54, 1.807) is 6.92 Å². The minimum absolute atomic E-state index is 0.0177.